The minimum absolute atomic E-state index is 0.339. The van der Waals surface area contributed by atoms with E-state index >= 15 is 0 Å². The molecule has 0 amide bonds. The van der Waals surface area contributed by atoms with Gasteiger partial charge in [0.15, 0.2) is 6.61 Å². The average Bonchev–Trinajstić information content (AvgIpc) is 3.07. The van der Waals surface area contributed by atoms with Gasteiger partial charge in [-0.2, -0.15) is 0 Å². The number of esters is 1. The van der Waals surface area contributed by atoms with E-state index in [2.05, 4.69) is 0 Å². The monoisotopic (exact) mass is 388 g/mol. The van der Waals surface area contributed by atoms with Crippen molar-refractivity contribution in [3.8, 4) is 5.75 Å². The highest BCUT2D eigenvalue weighted by molar-refractivity contribution is 7.58. The Kier molecular flexibility index (Phi) is 6.47. The maximum atomic E-state index is 12.5. The van der Waals surface area contributed by atoms with E-state index in [0.29, 0.717) is 15.6 Å². The van der Waals surface area contributed by atoms with Crippen LogP contribution in [0.3, 0.4) is 0 Å². The van der Waals surface area contributed by atoms with Crippen LogP contribution in [0.25, 0.3) is 0 Å². The van der Waals surface area contributed by atoms with Gasteiger partial charge in [-0.05, 0) is 36.1 Å². The predicted molar refractivity (Wildman–Crippen MR) is 95.4 cm³/mol. The van der Waals surface area contributed by atoms with Gasteiger partial charge in [-0.15, -0.1) is 11.3 Å². The van der Waals surface area contributed by atoms with Gasteiger partial charge in [0.1, 0.15) is 5.75 Å². The van der Waals surface area contributed by atoms with Gasteiger partial charge in [-0.3, -0.25) is 4.57 Å². The van der Waals surface area contributed by atoms with Crippen LogP contribution in [0.5, 0.6) is 5.75 Å². The zero-order valence-corrected chi connectivity index (χ0v) is 16.0. The summed E-state index contributed by atoms with van der Waals surface area (Å²) in [6, 6.07) is 8.80. The number of carbonyl (C=O) groups is 1. The molecular formula is C16H18ClO5PS. The topological polar surface area (TPSA) is 61.8 Å². The number of rotatable bonds is 7. The number of hydrogen-bond donors (Lipinski definition) is 0. The fourth-order valence-corrected chi connectivity index (χ4v) is 4.54. The van der Waals surface area contributed by atoms with Crippen LogP contribution < -0.4 is 4.74 Å². The first kappa shape index (κ1) is 19.0. The van der Waals surface area contributed by atoms with Gasteiger partial charge in [0, 0.05) is 13.8 Å². The molecule has 0 aliphatic heterocycles. The van der Waals surface area contributed by atoms with Crippen molar-refractivity contribution in [1.29, 1.82) is 0 Å². The van der Waals surface area contributed by atoms with Crippen molar-refractivity contribution < 1.29 is 23.4 Å². The summed E-state index contributed by atoms with van der Waals surface area (Å²) in [7, 11) is -1.82. The van der Waals surface area contributed by atoms with Gasteiger partial charge in [0.2, 0.25) is 13.2 Å². The third-order valence-electron chi connectivity index (χ3n) is 3.25. The van der Waals surface area contributed by atoms with Crippen molar-refractivity contribution in [3.63, 3.8) is 0 Å². The standard InChI is InChI=1S/C16H18ClO5PS/c1-11-6-7-12(17)13(9-11)21-10-15(18)22-16(23(3,19)20-2)14-5-4-8-24-14/h4-9,16H,10H2,1-3H3. The quantitative estimate of drug-likeness (QED) is 0.499. The smallest absolute Gasteiger partial charge is 0.345 e. The molecule has 1 heterocycles. The Labute approximate surface area is 150 Å². The normalized spacial score (nSPS) is 14.7. The van der Waals surface area contributed by atoms with Gasteiger partial charge >= 0.3 is 5.97 Å². The maximum absolute atomic E-state index is 12.5. The molecule has 0 aliphatic carbocycles. The van der Waals surface area contributed by atoms with Crippen molar-refractivity contribution in [3.05, 3.63) is 51.2 Å². The third kappa shape index (κ3) is 4.84. The number of aryl methyl sites for hydroxylation is 1. The second kappa shape index (κ2) is 8.17. The van der Waals surface area contributed by atoms with Crippen LogP contribution in [-0.2, 0) is 18.6 Å². The van der Waals surface area contributed by atoms with E-state index < -0.39 is 19.2 Å². The van der Waals surface area contributed by atoms with Crippen LogP contribution >= 0.6 is 30.3 Å². The van der Waals surface area contributed by atoms with Crippen molar-refractivity contribution >= 4 is 36.3 Å². The highest BCUT2D eigenvalue weighted by Crippen LogP contribution is 2.57. The Balaban J connectivity index is 2.06. The summed E-state index contributed by atoms with van der Waals surface area (Å²) in [6.07, 6.45) is 0. The van der Waals surface area contributed by atoms with E-state index in [1.165, 1.54) is 25.1 Å². The minimum atomic E-state index is -3.15. The molecule has 2 atom stereocenters. The van der Waals surface area contributed by atoms with Crippen LogP contribution in [-0.4, -0.2) is 26.4 Å². The number of ether oxygens (including phenoxy) is 2. The Hall–Kier alpha value is -1.33. The number of hydrogen-bond acceptors (Lipinski definition) is 6. The molecule has 0 spiro atoms. The molecule has 0 radical (unpaired) electrons. The van der Waals surface area contributed by atoms with Gasteiger partial charge in [-0.25, -0.2) is 4.79 Å². The molecular weight excluding hydrogens is 371 g/mol. The second-order valence-corrected chi connectivity index (χ2v) is 9.21. The van der Waals surface area contributed by atoms with E-state index in [0.717, 1.165) is 5.56 Å². The van der Waals surface area contributed by atoms with Gasteiger partial charge in [0.25, 0.3) is 0 Å². The van der Waals surface area contributed by atoms with Crippen LogP contribution in [0.2, 0.25) is 5.02 Å². The fourth-order valence-electron chi connectivity index (χ4n) is 1.93. The average molecular weight is 389 g/mol. The lowest BCUT2D eigenvalue weighted by molar-refractivity contribution is -0.148. The molecule has 8 heteroatoms. The Bertz CT molecular complexity index is 747. The van der Waals surface area contributed by atoms with Gasteiger partial charge in [0.05, 0.1) is 9.90 Å². The summed E-state index contributed by atoms with van der Waals surface area (Å²) >= 11 is 7.36. The van der Waals surface area contributed by atoms with E-state index in [-0.39, 0.29) is 6.61 Å². The van der Waals surface area contributed by atoms with E-state index in [1.807, 2.05) is 18.4 Å². The van der Waals surface area contributed by atoms with Crippen LogP contribution in [0, 0.1) is 6.92 Å². The molecule has 2 aromatic rings. The molecule has 0 N–H and O–H groups in total. The van der Waals surface area contributed by atoms with E-state index in [9.17, 15) is 9.36 Å². The molecule has 0 fully saturated rings. The molecule has 1 aromatic heterocycles. The SMILES string of the molecule is COP(C)(=O)C(OC(=O)COc1cc(C)ccc1Cl)c1cccs1. The summed E-state index contributed by atoms with van der Waals surface area (Å²) in [5.74, 6) is -1.20. The minimum Gasteiger partial charge on any atom is -0.480 e. The lowest BCUT2D eigenvalue weighted by atomic mass is 10.2. The predicted octanol–water partition coefficient (Wildman–Crippen LogP) is 4.89. The number of halogens is 1. The summed E-state index contributed by atoms with van der Waals surface area (Å²) < 4.78 is 28.3. The van der Waals surface area contributed by atoms with Crippen molar-refractivity contribution in [2.75, 3.05) is 20.4 Å². The largest absolute Gasteiger partial charge is 0.480 e. The summed E-state index contributed by atoms with van der Waals surface area (Å²) in [5, 5.41) is 2.22. The summed E-state index contributed by atoms with van der Waals surface area (Å²) in [6.45, 7) is 2.98. The molecule has 0 saturated heterocycles. The first-order valence-electron chi connectivity index (χ1n) is 7.08. The van der Waals surface area contributed by atoms with Crippen LogP contribution in [0.1, 0.15) is 16.3 Å². The molecule has 0 bridgehead atoms. The number of carbonyl (C=O) groups excluding carboxylic acids is 1. The molecule has 130 valence electrons. The maximum Gasteiger partial charge on any atom is 0.345 e. The zero-order chi connectivity index (χ0) is 17.7. The third-order valence-corrected chi connectivity index (χ3v) is 6.61. The molecule has 1 aromatic carbocycles. The van der Waals surface area contributed by atoms with Gasteiger partial charge in [-0.1, -0.05) is 23.7 Å². The van der Waals surface area contributed by atoms with Crippen LogP contribution in [0.4, 0.5) is 0 Å². The first-order chi connectivity index (χ1) is 11.3. The highest BCUT2D eigenvalue weighted by atomic mass is 35.5. The lowest BCUT2D eigenvalue weighted by Crippen LogP contribution is -2.18. The zero-order valence-electron chi connectivity index (χ0n) is 13.5. The molecule has 0 saturated carbocycles. The molecule has 24 heavy (non-hydrogen) atoms. The lowest BCUT2D eigenvalue weighted by Gasteiger charge is -2.22. The van der Waals surface area contributed by atoms with Crippen molar-refractivity contribution in [2.24, 2.45) is 0 Å². The van der Waals surface area contributed by atoms with E-state index in [1.54, 1.807) is 24.3 Å². The second-order valence-electron chi connectivity index (χ2n) is 5.17. The Morgan fingerprint density at radius 1 is 1.38 bits per heavy atom. The van der Waals surface area contributed by atoms with Gasteiger partial charge < -0.3 is 14.0 Å². The molecule has 2 unspecified atom stereocenters. The summed E-state index contributed by atoms with van der Waals surface area (Å²) in [5.41, 5.74) is 0.955. The van der Waals surface area contributed by atoms with Crippen LogP contribution in [0.15, 0.2) is 35.7 Å². The molecule has 5 nitrogen and oxygen atoms in total. The number of thiophene rings is 1. The number of benzene rings is 1. The highest BCUT2D eigenvalue weighted by Gasteiger charge is 2.34. The fraction of sp³-hybridized carbons (Fsp3) is 0.312. The molecule has 2 rings (SSSR count). The summed E-state index contributed by atoms with van der Waals surface area (Å²) in [4.78, 5) is 12.8. The Morgan fingerprint density at radius 3 is 2.75 bits per heavy atom. The van der Waals surface area contributed by atoms with E-state index in [4.69, 9.17) is 25.6 Å². The van der Waals surface area contributed by atoms with Crippen molar-refractivity contribution in [1.82, 2.24) is 0 Å². The van der Waals surface area contributed by atoms with Crippen molar-refractivity contribution in [2.45, 2.75) is 12.8 Å². The molecule has 0 aliphatic rings. The Morgan fingerprint density at radius 2 is 2.12 bits per heavy atom. The first-order valence-corrected chi connectivity index (χ1v) is 10.5.